The molecule has 1 aromatic carbocycles. The first-order chi connectivity index (χ1) is 9.47. The van der Waals surface area contributed by atoms with Crippen LogP contribution in [0.3, 0.4) is 0 Å². The zero-order valence-corrected chi connectivity index (χ0v) is 11.9. The number of hydrogen-bond acceptors (Lipinski definition) is 3. The van der Waals surface area contributed by atoms with Crippen LogP contribution in [0.5, 0.6) is 0 Å². The fraction of sp³-hybridized carbons (Fsp3) is 0.312. The van der Waals surface area contributed by atoms with E-state index in [2.05, 4.69) is 43.4 Å². The number of carboxylic acids is 1. The monoisotopic (exact) mass is 273 g/mol. The average molecular weight is 273 g/mol. The fourth-order valence-electron chi connectivity index (χ4n) is 2.07. The molecule has 0 aliphatic heterocycles. The van der Waals surface area contributed by atoms with Crippen molar-refractivity contribution >= 4 is 5.97 Å². The Hall–Kier alpha value is -2.07. The molecule has 0 saturated heterocycles. The van der Waals surface area contributed by atoms with Gasteiger partial charge < -0.3 is 14.8 Å². The molecule has 0 radical (unpaired) electrons. The fourth-order valence-corrected chi connectivity index (χ4v) is 2.07. The van der Waals surface area contributed by atoms with Crippen LogP contribution in [0.1, 0.15) is 46.0 Å². The number of carbonyl (C=O) groups is 1. The van der Waals surface area contributed by atoms with E-state index >= 15 is 0 Å². The minimum atomic E-state index is -1.03. The van der Waals surface area contributed by atoms with Crippen molar-refractivity contribution in [3.8, 4) is 0 Å². The van der Waals surface area contributed by atoms with Gasteiger partial charge in [0.05, 0.1) is 6.54 Å². The molecule has 4 nitrogen and oxygen atoms in total. The Morgan fingerprint density at radius 3 is 2.50 bits per heavy atom. The summed E-state index contributed by atoms with van der Waals surface area (Å²) in [5.74, 6) is -0.371. The van der Waals surface area contributed by atoms with Crippen LogP contribution in [0, 0.1) is 13.8 Å². The van der Waals surface area contributed by atoms with E-state index in [0.29, 0.717) is 17.9 Å². The number of benzene rings is 1. The molecule has 2 aromatic rings. The first-order valence-corrected chi connectivity index (χ1v) is 6.60. The van der Waals surface area contributed by atoms with E-state index in [1.54, 1.807) is 13.0 Å². The topological polar surface area (TPSA) is 62.5 Å². The molecule has 106 valence electrons. The zero-order chi connectivity index (χ0) is 14.7. The van der Waals surface area contributed by atoms with E-state index in [0.717, 1.165) is 0 Å². The maximum Gasteiger partial charge on any atom is 0.372 e. The van der Waals surface area contributed by atoms with Crippen LogP contribution in [-0.4, -0.2) is 11.1 Å². The molecule has 0 amide bonds. The molecule has 0 aliphatic carbocycles. The van der Waals surface area contributed by atoms with E-state index in [1.165, 1.54) is 11.1 Å². The number of aromatic carboxylic acids is 1. The number of aryl methyl sites for hydroxylation is 2. The van der Waals surface area contributed by atoms with Crippen molar-refractivity contribution in [2.45, 2.75) is 33.4 Å². The summed E-state index contributed by atoms with van der Waals surface area (Å²) in [6.07, 6.45) is 0. The number of furan rings is 1. The van der Waals surface area contributed by atoms with Crippen molar-refractivity contribution in [3.63, 3.8) is 0 Å². The van der Waals surface area contributed by atoms with E-state index in [9.17, 15) is 4.79 Å². The van der Waals surface area contributed by atoms with Crippen molar-refractivity contribution in [2.24, 2.45) is 0 Å². The first-order valence-electron chi connectivity index (χ1n) is 6.60. The highest BCUT2D eigenvalue weighted by Crippen LogP contribution is 2.17. The molecule has 0 bridgehead atoms. The van der Waals surface area contributed by atoms with Crippen molar-refractivity contribution in [2.75, 3.05) is 0 Å². The lowest BCUT2D eigenvalue weighted by molar-refractivity contribution is 0.0659. The van der Waals surface area contributed by atoms with Gasteiger partial charge in [-0.1, -0.05) is 29.8 Å². The van der Waals surface area contributed by atoms with E-state index < -0.39 is 5.97 Å². The van der Waals surface area contributed by atoms with Crippen LogP contribution < -0.4 is 5.32 Å². The Bertz CT molecular complexity index is 599. The molecule has 20 heavy (non-hydrogen) atoms. The highest BCUT2D eigenvalue weighted by Gasteiger charge is 2.14. The molecule has 0 unspecified atom stereocenters. The maximum atomic E-state index is 10.9. The second-order valence-corrected chi connectivity index (χ2v) is 5.04. The summed E-state index contributed by atoms with van der Waals surface area (Å²) in [5.41, 5.74) is 3.07. The molecule has 0 spiro atoms. The number of rotatable bonds is 5. The summed E-state index contributed by atoms with van der Waals surface area (Å²) in [6.45, 7) is 6.36. The minimum Gasteiger partial charge on any atom is -0.475 e. The molecule has 0 saturated carbocycles. The van der Waals surface area contributed by atoms with Crippen LogP contribution in [0.2, 0.25) is 0 Å². The molecule has 0 fully saturated rings. The van der Waals surface area contributed by atoms with Crippen LogP contribution in [0.25, 0.3) is 0 Å². The van der Waals surface area contributed by atoms with Gasteiger partial charge in [0.25, 0.3) is 0 Å². The number of hydrogen-bond donors (Lipinski definition) is 2. The van der Waals surface area contributed by atoms with Gasteiger partial charge in [0, 0.05) is 11.6 Å². The lowest BCUT2D eigenvalue weighted by Gasteiger charge is -2.13. The van der Waals surface area contributed by atoms with Crippen LogP contribution in [0.4, 0.5) is 0 Å². The Balaban J connectivity index is 1.99. The summed E-state index contributed by atoms with van der Waals surface area (Å²) < 4.78 is 5.32. The van der Waals surface area contributed by atoms with Crippen LogP contribution in [-0.2, 0) is 6.54 Å². The lowest BCUT2D eigenvalue weighted by Crippen LogP contribution is -2.17. The second-order valence-electron chi connectivity index (χ2n) is 5.04. The summed E-state index contributed by atoms with van der Waals surface area (Å²) in [4.78, 5) is 10.9. The van der Waals surface area contributed by atoms with Gasteiger partial charge in [-0.2, -0.15) is 0 Å². The highest BCUT2D eigenvalue weighted by atomic mass is 16.4. The van der Waals surface area contributed by atoms with E-state index in [1.807, 2.05) is 0 Å². The Kier molecular flexibility index (Phi) is 4.25. The summed E-state index contributed by atoms with van der Waals surface area (Å²) in [5, 5.41) is 12.3. The third kappa shape index (κ3) is 3.27. The largest absolute Gasteiger partial charge is 0.475 e. The summed E-state index contributed by atoms with van der Waals surface area (Å²) >= 11 is 0. The molecule has 1 heterocycles. The molecular weight excluding hydrogens is 254 g/mol. The van der Waals surface area contributed by atoms with Gasteiger partial charge in [0.1, 0.15) is 5.76 Å². The molecule has 1 aromatic heterocycles. The van der Waals surface area contributed by atoms with E-state index in [4.69, 9.17) is 9.52 Å². The van der Waals surface area contributed by atoms with Gasteiger partial charge >= 0.3 is 5.97 Å². The van der Waals surface area contributed by atoms with Crippen molar-refractivity contribution in [1.29, 1.82) is 0 Å². The van der Waals surface area contributed by atoms with Crippen LogP contribution in [0.15, 0.2) is 34.7 Å². The van der Waals surface area contributed by atoms with Crippen molar-refractivity contribution < 1.29 is 14.3 Å². The molecule has 2 N–H and O–H groups in total. The first kappa shape index (κ1) is 14.3. The Morgan fingerprint density at radius 2 is 1.95 bits per heavy atom. The minimum absolute atomic E-state index is 0.0183. The lowest BCUT2D eigenvalue weighted by atomic mass is 10.1. The van der Waals surface area contributed by atoms with Gasteiger partial charge in [-0.05, 0) is 32.4 Å². The quantitative estimate of drug-likeness (QED) is 0.876. The molecule has 4 heteroatoms. The Labute approximate surface area is 118 Å². The molecule has 1 atom stereocenters. The third-order valence-corrected chi connectivity index (χ3v) is 3.32. The highest BCUT2D eigenvalue weighted by molar-refractivity contribution is 5.86. The van der Waals surface area contributed by atoms with Gasteiger partial charge in [-0.15, -0.1) is 0 Å². The standard InChI is InChI=1S/C16H19NO3/c1-10-4-6-13(7-5-10)12(3)17-9-14-8-11(2)15(20-14)16(18)19/h4-8,12,17H,9H2,1-3H3,(H,18,19)/t12-/m0/s1. The molecule has 2 rings (SSSR count). The number of carboxylic acid groups (broad SMARTS) is 1. The molecule has 0 aliphatic rings. The zero-order valence-electron chi connectivity index (χ0n) is 11.9. The third-order valence-electron chi connectivity index (χ3n) is 3.32. The second kappa shape index (κ2) is 5.92. The predicted octanol–water partition coefficient (Wildman–Crippen LogP) is 3.45. The SMILES string of the molecule is Cc1ccc([C@H](C)NCc2cc(C)c(C(=O)O)o2)cc1. The van der Waals surface area contributed by atoms with Crippen LogP contribution >= 0.6 is 0 Å². The average Bonchev–Trinajstić information content (AvgIpc) is 2.78. The molecular formula is C16H19NO3. The van der Waals surface area contributed by atoms with Crippen molar-refractivity contribution in [3.05, 3.63) is 58.5 Å². The van der Waals surface area contributed by atoms with E-state index in [-0.39, 0.29) is 11.8 Å². The maximum absolute atomic E-state index is 10.9. The normalized spacial score (nSPS) is 12.3. The van der Waals surface area contributed by atoms with Crippen molar-refractivity contribution in [1.82, 2.24) is 5.32 Å². The van der Waals surface area contributed by atoms with Gasteiger partial charge in [-0.25, -0.2) is 4.79 Å². The summed E-state index contributed by atoms with van der Waals surface area (Å²) in [6, 6.07) is 10.3. The van der Waals surface area contributed by atoms with Gasteiger partial charge in [0.15, 0.2) is 0 Å². The number of nitrogens with one attached hydrogen (secondary N) is 1. The Morgan fingerprint density at radius 1 is 1.30 bits per heavy atom. The smallest absolute Gasteiger partial charge is 0.372 e. The summed E-state index contributed by atoms with van der Waals surface area (Å²) in [7, 11) is 0. The van der Waals surface area contributed by atoms with Gasteiger partial charge in [0.2, 0.25) is 5.76 Å². The predicted molar refractivity (Wildman–Crippen MR) is 76.8 cm³/mol. The van der Waals surface area contributed by atoms with Gasteiger partial charge in [-0.3, -0.25) is 0 Å².